The molecule has 0 aromatic heterocycles. The maximum absolute atomic E-state index is 14.6. The van der Waals surface area contributed by atoms with Crippen molar-refractivity contribution in [1.82, 2.24) is 4.31 Å². The first-order valence-electron chi connectivity index (χ1n) is 14.1. The van der Waals surface area contributed by atoms with Crippen LogP contribution in [-0.4, -0.2) is 144 Å². The van der Waals surface area contributed by atoms with Crippen LogP contribution < -0.4 is 29.6 Å². The number of unbranched alkanes of at least 4 members (excludes halogenated alkanes) is 1. The van der Waals surface area contributed by atoms with E-state index >= 15 is 0 Å². The standard InChI is InChI=1S/C23H32F17NO9S2.Na/c1-2-5-41(6-8-48-10-12-50-14-13-49-11-9-47-7-3-4-15-51(42,43)44)52(45,46)23(39,40)21(34,35)19(30,31)17(26,27)16(24,25)18(28,29)20(32,33)22(36,37)38;/h2-15H2,1H3,(H,42,43,44);/q;+1/p-1. The van der Waals surface area contributed by atoms with Crippen molar-refractivity contribution in [2.24, 2.45) is 0 Å². The first-order valence-corrected chi connectivity index (χ1v) is 17.1. The van der Waals surface area contributed by atoms with Gasteiger partial charge in [-0.3, -0.25) is 0 Å². The third-order valence-corrected chi connectivity index (χ3v) is 9.10. The Bertz CT molecular complexity index is 1320. The van der Waals surface area contributed by atoms with E-state index in [0.29, 0.717) is 0 Å². The van der Waals surface area contributed by atoms with Crippen LogP contribution in [0.25, 0.3) is 0 Å². The zero-order valence-electron chi connectivity index (χ0n) is 27.3. The second kappa shape index (κ2) is 20.2. The molecule has 0 heterocycles. The maximum atomic E-state index is 14.6. The molecule has 0 radical (unpaired) electrons. The van der Waals surface area contributed by atoms with Gasteiger partial charge in [-0.15, -0.1) is 0 Å². The van der Waals surface area contributed by atoms with Crippen molar-refractivity contribution in [2.75, 3.05) is 71.7 Å². The largest absolute Gasteiger partial charge is 1.00 e. The molecule has 314 valence electrons. The monoisotopic (exact) mass is 875 g/mol. The molecule has 0 aliphatic heterocycles. The molecule has 0 N–H and O–H groups in total. The van der Waals surface area contributed by atoms with Crippen LogP contribution in [0.15, 0.2) is 0 Å². The van der Waals surface area contributed by atoms with Crippen LogP contribution in [0.4, 0.5) is 74.6 Å². The van der Waals surface area contributed by atoms with E-state index in [4.69, 9.17) is 18.9 Å². The molecule has 0 rings (SSSR count). The molecule has 0 aromatic carbocycles. The van der Waals surface area contributed by atoms with Crippen molar-refractivity contribution >= 4 is 20.1 Å². The van der Waals surface area contributed by atoms with Gasteiger partial charge in [0.1, 0.15) is 0 Å². The minimum Gasteiger partial charge on any atom is -0.748 e. The van der Waals surface area contributed by atoms with Crippen molar-refractivity contribution in [3.8, 4) is 0 Å². The van der Waals surface area contributed by atoms with Gasteiger partial charge in [-0.1, -0.05) is 6.92 Å². The summed E-state index contributed by atoms with van der Waals surface area (Å²) in [5.74, 6) is -52.6. The third kappa shape index (κ3) is 12.5. The summed E-state index contributed by atoms with van der Waals surface area (Å²) in [7, 11) is -11.8. The van der Waals surface area contributed by atoms with Gasteiger partial charge in [0.05, 0.1) is 56.4 Å². The number of alkyl halides is 17. The fourth-order valence-corrected chi connectivity index (χ4v) is 5.56. The van der Waals surface area contributed by atoms with E-state index < -0.39 is 110 Å². The van der Waals surface area contributed by atoms with Crippen molar-refractivity contribution in [3.05, 3.63) is 0 Å². The van der Waals surface area contributed by atoms with Crippen molar-refractivity contribution in [3.63, 3.8) is 0 Å². The number of rotatable bonds is 27. The Hall–Kier alpha value is -0.530. The molecule has 0 aromatic rings. The fraction of sp³-hybridized carbons (Fsp3) is 1.00. The van der Waals surface area contributed by atoms with E-state index in [1.54, 1.807) is 0 Å². The van der Waals surface area contributed by atoms with Gasteiger partial charge in [0.15, 0.2) is 0 Å². The van der Waals surface area contributed by atoms with Gasteiger partial charge in [-0.2, -0.15) is 78.9 Å². The van der Waals surface area contributed by atoms with Crippen LogP contribution in [-0.2, 0) is 39.1 Å². The quantitative estimate of drug-likeness (QED) is 0.0529. The summed E-state index contributed by atoms with van der Waals surface area (Å²) >= 11 is 0. The third-order valence-electron chi connectivity index (χ3n) is 6.36. The average Bonchev–Trinajstić information content (AvgIpc) is 2.98. The first kappa shape index (κ1) is 54.6. The van der Waals surface area contributed by atoms with E-state index in [1.807, 2.05) is 0 Å². The van der Waals surface area contributed by atoms with E-state index in [2.05, 4.69) is 0 Å². The summed E-state index contributed by atoms with van der Waals surface area (Å²) in [6, 6.07) is 0. The molecule has 0 saturated carbocycles. The Morgan fingerprint density at radius 1 is 0.491 bits per heavy atom. The van der Waals surface area contributed by atoms with Crippen LogP contribution in [0.2, 0.25) is 0 Å². The summed E-state index contributed by atoms with van der Waals surface area (Å²) in [6.45, 7) is -3.67. The van der Waals surface area contributed by atoms with Gasteiger partial charge in [0.2, 0.25) is 0 Å². The van der Waals surface area contributed by atoms with Crippen LogP contribution in [0, 0.1) is 0 Å². The Balaban J connectivity index is 0. The predicted molar refractivity (Wildman–Crippen MR) is 139 cm³/mol. The Kier molecular flexibility index (Phi) is 20.8. The summed E-state index contributed by atoms with van der Waals surface area (Å²) < 4.78 is 306. The summed E-state index contributed by atoms with van der Waals surface area (Å²) in [5, 5.41) is -7.64. The SMILES string of the molecule is CCCN(CCOCCOCCOCCOCCCCS(=O)(=O)[O-])S(=O)(=O)C(F)(F)C(F)(F)C(F)(F)C(F)(F)C(F)(F)C(F)(F)C(F)(F)C(F)(F)F.[Na+]. The van der Waals surface area contributed by atoms with Gasteiger partial charge in [0.25, 0.3) is 10.0 Å². The number of halogens is 17. The first-order chi connectivity index (χ1) is 23.2. The second-order valence-electron chi connectivity index (χ2n) is 10.3. The van der Waals surface area contributed by atoms with E-state index in [9.17, 15) is 96.0 Å². The van der Waals surface area contributed by atoms with Crippen molar-refractivity contribution in [2.45, 2.75) is 73.2 Å². The number of hydrogen-bond acceptors (Lipinski definition) is 9. The molecule has 0 saturated heterocycles. The van der Waals surface area contributed by atoms with Crippen molar-refractivity contribution < 1.29 is 145 Å². The molecule has 0 atom stereocenters. The molecule has 53 heavy (non-hydrogen) atoms. The summed E-state index contributed by atoms with van der Waals surface area (Å²) in [5.41, 5.74) is 0. The molecule has 30 heteroatoms. The normalized spacial score (nSPS) is 14.9. The molecule has 0 spiro atoms. The topological polar surface area (TPSA) is 132 Å². The zero-order valence-corrected chi connectivity index (χ0v) is 30.9. The fourth-order valence-electron chi connectivity index (χ4n) is 3.49. The molecular formula is C23H31F17NNaO9S2. The smallest absolute Gasteiger partial charge is 0.748 e. The van der Waals surface area contributed by atoms with Gasteiger partial charge in [-0.05, 0) is 19.3 Å². The number of sulfonamides is 1. The molecule has 0 fully saturated rings. The Morgan fingerprint density at radius 3 is 1.19 bits per heavy atom. The van der Waals surface area contributed by atoms with Crippen LogP contribution in [0.1, 0.15) is 26.2 Å². The minimum absolute atomic E-state index is 0. The molecule has 0 unspecified atom stereocenters. The van der Waals surface area contributed by atoms with Gasteiger partial charge in [0, 0.05) is 25.4 Å². The summed E-state index contributed by atoms with van der Waals surface area (Å²) in [6.07, 6.45) is -8.17. The average molecular weight is 876 g/mol. The number of ether oxygens (including phenoxy) is 4. The van der Waals surface area contributed by atoms with Gasteiger partial charge in [-0.25, -0.2) is 16.8 Å². The number of nitrogens with zero attached hydrogens (tertiary/aromatic N) is 1. The molecule has 0 aliphatic carbocycles. The maximum Gasteiger partial charge on any atom is 1.00 e. The second-order valence-corrected chi connectivity index (χ2v) is 13.8. The Morgan fingerprint density at radius 2 is 0.830 bits per heavy atom. The minimum atomic E-state index is -8.91. The summed E-state index contributed by atoms with van der Waals surface area (Å²) in [4.78, 5) is 0. The number of hydrogen-bond donors (Lipinski definition) is 0. The molecule has 0 bridgehead atoms. The molecule has 0 amide bonds. The van der Waals surface area contributed by atoms with E-state index in [-0.39, 0.29) is 82.0 Å². The zero-order chi connectivity index (χ0) is 41.3. The van der Waals surface area contributed by atoms with E-state index in [1.165, 1.54) is 0 Å². The molecule has 10 nitrogen and oxygen atoms in total. The van der Waals surface area contributed by atoms with Gasteiger partial charge < -0.3 is 23.5 Å². The van der Waals surface area contributed by atoms with Crippen molar-refractivity contribution in [1.29, 1.82) is 0 Å². The van der Waals surface area contributed by atoms with E-state index in [0.717, 1.165) is 6.92 Å². The van der Waals surface area contributed by atoms with Crippen LogP contribution in [0.5, 0.6) is 0 Å². The molecule has 0 aliphatic rings. The Labute approximate surface area is 313 Å². The van der Waals surface area contributed by atoms with Crippen LogP contribution >= 0.6 is 0 Å². The predicted octanol–water partition coefficient (Wildman–Crippen LogP) is 2.39. The van der Waals surface area contributed by atoms with Gasteiger partial charge >= 0.3 is 76.5 Å². The van der Waals surface area contributed by atoms with Crippen LogP contribution in [0.3, 0.4) is 0 Å². The molecular weight excluding hydrogens is 844 g/mol.